The number of hydrogen-bond donors (Lipinski definition) is 1. The molecule has 0 spiro atoms. The van der Waals surface area contributed by atoms with Crippen molar-refractivity contribution in [2.75, 3.05) is 64.3 Å². The van der Waals surface area contributed by atoms with Crippen LogP contribution in [0.5, 0.6) is 0 Å². The number of anilines is 1. The minimum Gasteiger partial charge on any atom is -0.379 e. The molecule has 2 heterocycles. The lowest BCUT2D eigenvalue weighted by atomic mass is 9.87. The summed E-state index contributed by atoms with van der Waals surface area (Å²) in [7, 11) is 0. The molecule has 166 valence electrons. The molecule has 1 aromatic carbocycles. The van der Waals surface area contributed by atoms with Gasteiger partial charge in [0.05, 0.1) is 25.8 Å². The van der Waals surface area contributed by atoms with Gasteiger partial charge in [0.2, 0.25) is 11.8 Å². The van der Waals surface area contributed by atoms with Gasteiger partial charge in [0.15, 0.2) is 0 Å². The van der Waals surface area contributed by atoms with Gasteiger partial charge in [-0.05, 0) is 30.0 Å². The molecule has 3 rings (SSSR count). The number of nitrogens with one attached hydrogen (secondary N) is 1. The number of amides is 2. The Balaban J connectivity index is 1.45. The van der Waals surface area contributed by atoms with Crippen molar-refractivity contribution in [3.63, 3.8) is 0 Å². The lowest BCUT2D eigenvalue weighted by Crippen LogP contribution is -2.55. The van der Waals surface area contributed by atoms with E-state index in [1.54, 1.807) is 0 Å². The number of hydrogen-bond acceptors (Lipinski definition) is 5. The van der Waals surface area contributed by atoms with Crippen LogP contribution in [0.25, 0.3) is 0 Å². The molecule has 0 radical (unpaired) electrons. The molecule has 1 unspecified atom stereocenters. The summed E-state index contributed by atoms with van der Waals surface area (Å²) in [5.41, 5.74) is 2.15. The fraction of sp³-hybridized carbons (Fsp3) is 0.652. The minimum atomic E-state index is -0.233. The molecule has 2 fully saturated rings. The molecular formula is C23H36N4O3. The Morgan fingerprint density at radius 3 is 2.17 bits per heavy atom. The van der Waals surface area contributed by atoms with Gasteiger partial charge in [-0.25, -0.2) is 0 Å². The van der Waals surface area contributed by atoms with E-state index >= 15 is 0 Å². The van der Waals surface area contributed by atoms with E-state index < -0.39 is 0 Å². The van der Waals surface area contributed by atoms with Crippen LogP contribution in [0, 0.1) is 0 Å². The Kier molecular flexibility index (Phi) is 7.50. The van der Waals surface area contributed by atoms with E-state index in [1.165, 1.54) is 5.56 Å². The fourth-order valence-electron chi connectivity index (χ4n) is 3.88. The molecule has 2 aliphatic heterocycles. The van der Waals surface area contributed by atoms with E-state index in [-0.39, 0.29) is 23.3 Å². The number of piperazine rings is 1. The summed E-state index contributed by atoms with van der Waals surface area (Å²) < 4.78 is 5.34. The molecule has 1 N–H and O–H groups in total. The molecule has 1 aromatic rings. The monoisotopic (exact) mass is 416 g/mol. The van der Waals surface area contributed by atoms with Crippen molar-refractivity contribution in [3.8, 4) is 0 Å². The molecule has 0 saturated carbocycles. The second-order valence-corrected chi connectivity index (χ2v) is 9.30. The van der Waals surface area contributed by atoms with Gasteiger partial charge in [-0.1, -0.05) is 32.9 Å². The smallest absolute Gasteiger partial charge is 0.241 e. The van der Waals surface area contributed by atoms with Crippen molar-refractivity contribution >= 4 is 17.5 Å². The van der Waals surface area contributed by atoms with Crippen LogP contribution in [0.2, 0.25) is 0 Å². The fourth-order valence-corrected chi connectivity index (χ4v) is 3.88. The van der Waals surface area contributed by atoms with Crippen LogP contribution in [0.3, 0.4) is 0 Å². The van der Waals surface area contributed by atoms with Gasteiger partial charge < -0.3 is 15.0 Å². The van der Waals surface area contributed by atoms with E-state index in [9.17, 15) is 9.59 Å². The normalized spacial score (nSPS) is 20.1. The third kappa shape index (κ3) is 6.03. The summed E-state index contributed by atoms with van der Waals surface area (Å²) in [6.07, 6.45) is 0. The maximum absolute atomic E-state index is 12.7. The molecule has 7 heteroatoms. The van der Waals surface area contributed by atoms with Gasteiger partial charge >= 0.3 is 0 Å². The van der Waals surface area contributed by atoms with Crippen molar-refractivity contribution < 1.29 is 14.3 Å². The summed E-state index contributed by atoms with van der Waals surface area (Å²) in [6, 6.07) is 7.84. The Hall–Kier alpha value is -1.96. The molecule has 1 atom stereocenters. The lowest BCUT2D eigenvalue weighted by molar-refractivity contribution is -0.135. The zero-order valence-electron chi connectivity index (χ0n) is 18.8. The van der Waals surface area contributed by atoms with E-state index in [0.717, 1.165) is 18.8 Å². The SMILES string of the molecule is CC(C(=O)Nc1ccc(C(C)(C)C)cc1)N1CCN(C(=O)CN2CCOCC2)CC1. The highest BCUT2D eigenvalue weighted by Crippen LogP contribution is 2.23. The number of nitrogens with zero attached hydrogens (tertiary/aromatic N) is 3. The Morgan fingerprint density at radius 2 is 1.60 bits per heavy atom. The maximum atomic E-state index is 12.7. The van der Waals surface area contributed by atoms with Gasteiger partial charge in [-0.3, -0.25) is 19.4 Å². The van der Waals surface area contributed by atoms with Crippen LogP contribution in [0.1, 0.15) is 33.3 Å². The van der Waals surface area contributed by atoms with Crippen LogP contribution in [-0.4, -0.2) is 91.6 Å². The second-order valence-electron chi connectivity index (χ2n) is 9.30. The molecular weight excluding hydrogens is 380 g/mol. The van der Waals surface area contributed by atoms with Crippen molar-refractivity contribution in [1.82, 2.24) is 14.7 Å². The number of carbonyl (C=O) groups is 2. The molecule has 30 heavy (non-hydrogen) atoms. The van der Waals surface area contributed by atoms with E-state index in [2.05, 4.69) is 48.0 Å². The topological polar surface area (TPSA) is 65.1 Å². The summed E-state index contributed by atoms with van der Waals surface area (Å²) in [5, 5.41) is 3.03. The summed E-state index contributed by atoms with van der Waals surface area (Å²) in [6.45, 7) is 14.7. The van der Waals surface area contributed by atoms with Crippen molar-refractivity contribution in [2.24, 2.45) is 0 Å². The number of ether oxygens (including phenoxy) is 1. The highest BCUT2D eigenvalue weighted by Gasteiger charge is 2.28. The molecule has 2 amide bonds. The summed E-state index contributed by atoms with van der Waals surface area (Å²) in [5.74, 6) is 0.166. The van der Waals surface area contributed by atoms with Crippen molar-refractivity contribution in [2.45, 2.75) is 39.2 Å². The number of morpholine rings is 1. The zero-order valence-corrected chi connectivity index (χ0v) is 18.8. The van der Waals surface area contributed by atoms with Crippen LogP contribution < -0.4 is 5.32 Å². The van der Waals surface area contributed by atoms with Crippen LogP contribution in [0.4, 0.5) is 5.69 Å². The maximum Gasteiger partial charge on any atom is 0.241 e. The first-order valence-electron chi connectivity index (χ1n) is 11.0. The average molecular weight is 417 g/mol. The highest BCUT2D eigenvalue weighted by molar-refractivity contribution is 5.94. The second kappa shape index (κ2) is 9.90. The van der Waals surface area contributed by atoms with Gasteiger partial charge in [0.25, 0.3) is 0 Å². The number of benzene rings is 1. The largest absolute Gasteiger partial charge is 0.379 e. The Labute approximate surface area is 180 Å². The molecule has 2 saturated heterocycles. The third-order valence-corrected chi connectivity index (χ3v) is 6.08. The average Bonchev–Trinajstić information content (AvgIpc) is 2.73. The van der Waals surface area contributed by atoms with Crippen molar-refractivity contribution in [3.05, 3.63) is 29.8 Å². The first kappa shape index (κ1) is 22.7. The van der Waals surface area contributed by atoms with Crippen LogP contribution in [-0.2, 0) is 19.7 Å². The van der Waals surface area contributed by atoms with Crippen molar-refractivity contribution in [1.29, 1.82) is 0 Å². The van der Waals surface area contributed by atoms with Gasteiger partial charge in [-0.15, -0.1) is 0 Å². The minimum absolute atomic E-state index is 0.00778. The predicted octanol–water partition coefficient (Wildman–Crippen LogP) is 1.79. The van der Waals surface area contributed by atoms with Crippen LogP contribution >= 0.6 is 0 Å². The Morgan fingerprint density at radius 1 is 1.00 bits per heavy atom. The summed E-state index contributed by atoms with van der Waals surface area (Å²) >= 11 is 0. The van der Waals surface area contributed by atoms with E-state index in [1.807, 2.05) is 24.0 Å². The Bertz CT molecular complexity index is 715. The standard InChI is InChI=1S/C23H36N4O3/c1-18(22(29)24-20-7-5-19(6-8-20)23(2,3)4)26-9-11-27(12-10-26)21(28)17-25-13-15-30-16-14-25/h5-8,18H,9-17H2,1-4H3,(H,24,29). The number of rotatable bonds is 5. The summed E-state index contributed by atoms with van der Waals surface area (Å²) in [4.78, 5) is 31.5. The third-order valence-electron chi connectivity index (χ3n) is 6.08. The molecule has 7 nitrogen and oxygen atoms in total. The molecule has 2 aliphatic rings. The predicted molar refractivity (Wildman–Crippen MR) is 119 cm³/mol. The lowest BCUT2D eigenvalue weighted by Gasteiger charge is -2.38. The molecule has 0 bridgehead atoms. The van der Waals surface area contributed by atoms with Gasteiger partial charge in [0, 0.05) is 45.0 Å². The van der Waals surface area contributed by atoms with Crippen LogP contribution in [0.15, 0.2) is 24.3 Å². The van der Waals surface area contributed by atoms with E-state index in [4.69, 9.17) is 4.74 Å². The zero-order chi connectivity index (χ0) is 21.7. The first-order valence-corrected chi connectivity index (χ1v) is 11.0. The molecule has 0 aromatic heterocycles. The highest BCUT2D eigenvalue weighted by atomic mass is 16.5. The van der Waals surface area contributed by atoms with Gasteiger partial charge in [-0.2, -0.15) is 0 Å². The number of carbonyl (C=O) groups excluding carboxylic acids is 2. The van der Waals surface area contributed by atoms with Gasteiger partial charge in [0.1, 0.15) is 0 Å². The quantitative estimate of drug-likeness (QED) is 0.793. The van der Waals surface area contributed by atoms with E-state index in [0.29, 0.717) is 45.9 Å². The first-order chi connectivity index (χ1) is 14.2. The molecule has 0 aliphatic carbocycles.